The first-order chi connectivity index (χ1) is 8.61. The molecule has 7 heteroatoms. The number of carbonyl (C=O) groups excluding carboxylic acids is 1. The fraction of sp³-hybridized carbons (Fsp3) is 0.364. The molecule has 0 unspecified atom stereocenters. The Morgan fingerprint density at radius 2 is 1.89 bits per heavy atom. The number of rotatable bonds is 6. The van der Waals surface area contributed by atoms with Crippen LogP contribution in [0.1, 0.15) is 0 Å². The maximum atomic E-state index is 11.4. The number of ether oxygens (including phenoxy) is 2. The van der Waals surface area contributed by atoms with Crippen LogP contribution in [0.5, 0.6) is 0 Å². The molecule has 0 aliphatic heterocycles. The molecule has 0 bridgehead atoms. The van der Waals surface area contributed by atoms with Gasteiger partial charge in [-0.15, -0.1) is 0 Å². The minimum Gasteiger partial charge on any atom is -0.382 e. The second kappa shape index (κ2) is 8.16. The number of anilines is 1. The van der Waals surface area contributed by atoms with Crippen molar-refractivity contribution in [1.82, 2.24) is 5.32 Å². The van der Waals surface area contributed by atoms with Crippen LogP contribution in [-0.2, 0) is 9.47 Å². The Morgan fingerprint density at radius 1 is 1.22 bits per heavy atom. The van der Waals surface area contributed by atoms with Gasteiger partial charge in [0.25, 0.3) is 0 Å². The van der Waals surface area contributed by atoms with E-state index in [0.717, 1.165) is 0 Å². The van der Waals surface area contributed by atoms with E-state index >= 15 is 0 Å². The number of urea groups is 1. The highest BCUT2D eigenvalue weighted by Crippen LogP contribution is 2.22. The average Bonchev–Trinajstić information content (AvgIpc) is 2.27. The summed E-state index contributed by atoms with van der Waals surface area (Å²) in [6.45, 7) is 0.996. The zero-order valence-electron chi connectivity index (χ0n) is 9.83. The third-order valence-electron chi connectivity index (χ3n) is 1.89. The molecule has 2 N–H and O–H groups in total. The summed E-state index contributed by atoms with van der Waals surface area (Å²) in [5, 5.41) is 6.01. The molecule has 0 heterocycles. The van der Waals surface area contributed by atoms with E-state index in [2.05, 4.69) is 10.6 Å². The minimum atomic E-state index is -0.397. The van der Waals surface area contributed by atoms with E-state index in [4.69, 9.17) is 32.7 Å². The highest BCUT2D eigenvalue weighted by molar-refractivity contribution is 6.35. The van der Waals surface area contributed by atoms with E-state index in [0.29, 0.717) is 28.9 Å². The molecule has 1 aromatic carbocycles. The van der Waals surface area contributed by atoms with Crippen LogP contribution >= 0.6 is 23.2 Å². The van der Waals surface area contributed by atoms with Gasteiger partial charge in [-0.1, -0.05) is 23.2 Å². The van der Waals surface area contributed by atoms with Gasteiger partial charge in [0.05, 0.1) is 13.2 Å². The van der Waals surface area contributed by atoms with Crippen molar-refractivity contribution in [2.45, 2.75) is 0 Å². The van der Waals surface area contributed by atoms with Gasteiger partial charge in [-0.2, -0.15) is 0 Å². The predicted molar refractivity (Wildman–Crippen MR) is 71.3 cm³/mol. The van der Waals surface area contributed by atoms with Crippen LogP contribution in [0, 0.1) is 0 Å². The fourth-order valence-electron chi connectivity index (χ4n) is 1.13. The van der Waals surface area contributed by atoms with Crippen molar-refractivity contribution in [1.29, 1.82) is 0 Å². The SMILES string of the molecule is COCCOCNC(=O)Nc1cc(Cl)cc(Cl)c1. The Labute approximate surface area is 115 Å². The molecule has 1 aromatic rings. The second-order valence-electron chi connectivity index (χ2n) is 3.33. The standard InChI is InChI=1S/C11H14Cl2N2O3/c1-17-2-3-18-7-14-11(16)15-10-5-8(12)4-9(13)6-10/h4-6H,2-3,7H2,1H3,(H2,14,15,16). The first kappa shape index (κ1) is 15.0. The van der Waals surface area contributed by atoms with Crippen molar-refractivity contribution >= 4 is 34.9 Å². The van der Waals surface area contributed by atoms with Gasteiger partial charge < -0.3 is 20.1 Å². The lowest BCUT2D eigenvalue weighted by Gasteiger charge is -2.08. The number of amides is 2. The molecule has 0 spiro atoms. The molecular formula is C11H14Cl2N2O3. The highest BCUT2D eigenvalue weighted by atomic mass is 35.5. The summed E-state index contributed by atoms with van der Waals surface area (Å²) in [6.07, 6.45) is 0. The van der Waals surface area contributed by atoms with Crippen LogP contribution in [0.3, 0.4) is 0 Å². The Bertz CT molecular complexity index is 382. The van der Waals surface area contributed by atoms with E-state index in [9.17, 15) is 4.79 Å². The van der Waals surface area contributed by atoms with Gasteiger partial charge >= 0.3 is 6.03 Å². The largest absolute Gasteiger partial charge is 0.382 e. The summed E-state index contributed by atoms with van der Waals surface area (Å²) in [7, 11) is 1.58. The fourth-order valence-corrected chi connectivity index (χ4v) is 1.66. The third kappa shape index (κ3) is 6.07. The minimum absolute atomic E-state index is 0.101. The molecule has 0 aliphatic carbocycles. The molecular weight excluding hydrogens is 279 g/mol. The number of methoxy groups -OCH3 is 1. The zero-order valence-corrected chi connectivity index (χ0v) is 11.3. The Kier molecular flexibility index (Phi) is 6.82. The van der Waals surface area contributed by atoms with E-state index < -0.39 is 6.03 Å². The normalized spacial score (nSPS) is 10.2. The predicted octanol–water partition coefficient (Wildman–Crippen LogP) is 2.74. The van der Waals surface area contributed by atoms with Crippen LogP contribution in [0.2, 0.25) is 10.0 Å². The molecule has 0 aromatic heterocycles. The zero-order chi connectivity index (χ0) is 13.4. The second-order valence-corrected chi connectivity index (χ2v) is 4.21. The van der Waals surface area contributed by atoms with Gasteiger partial charge in [0.2, 0.25) is 0 Å². The molecule has 0 saturated carbocycles. The van der Waals surface area contributed by atoms with Gasteiger partial charge in [0.15, 0.2) is 0 Å². The highest BCUT2D eigenvalue weighted by Gasteiger charge is 2.03. The molecule has 18 heavy (non-hydrogen) atoms. The summed E-state index contributed by atoms with van der Waals surface area (Å²) < 4.78 is 9.87. The van der Waals surface area contributed by atoms with Crippen molar-refractivity contribution in [2.24, 2.45) is 0 Å². The van der Waals surface area contributed by atoms with E-state index in [-0.39, 0.29) is 6.73 Å². The van der Waals surface area contributed by atoms with Crippen LogP contribution in [0.4, 0.5) is 10.5 Å². The lowest BCUT2D eigenvalue weighted by atomic mass is 10.3. The first-order valence-corrected chi connectivity index (χ1v) is 5.95. The van der Waals surface area contributed by atoms with Crippen molar-refractivity contribution in [3.05, 3.63) is 28.2 Å². The van der Waals surface area contributed by atoms with Crippen LogP contribution < -0.4 is 10.6 Å². The summed E-state index contributed by atoms with van der Waals surface area (Å²) in [5.41, 5.74) is 0.516. The molecule has 0 saturated heterocycles. The molecule has 5 nitrogen and oxygen atoms in total. The molecule has 2 amide bonds. The summed E-state index contributed by atoms with van der Waals surface area (Å²) in [4.78, 5) is 11.4. The Hall–Kier alpha value is -1.01. The molecule has 0 aliphatic rings. The topological polar surface area (TPSA) is 59.6 Å². The molecule has 1 rings (SSSR count). The number of nitrogens with one attached hydrogen (secondary N) is 2. The maximum Gasteiger partial charge on any atom is 0.321 e. The third-order valence-corrected chi connectivity index (χ3v) is 2.32. The van der Waals surface area contributed by atoms with Gasteiger partial charge in [0.1, 0.15) is 6.73 Å². The van der Waals surface area contributed by atoms with Gasteiger partial charge in [-0.25, -0.2) is 4.79 Å². The lowest BCUT2D eigenvalue weighted by Crippen LogP contribution is -2.31. The van der Waals surface area contributed by atoms with E-state index in [1.54, 1.807) is 25.3 Å². The van der Waals surface area contributed by atoms with Crippen LogP contribution in [0.15, 0.2) is 18.2 Å². The van der Waals surface area contributed by atoms with Crippen molar-refractivity contribution in [3.8, 4) is 0 Å². The molecule has 0 atom stereocenters. The van der Waals surface area contributed by atoms with Crippen molar-refractivity contribution in [3.63, 3.8) is 0 Å². The molecule has 0 fully saturated rings. The quantitative estimate of drug-likeness (QED) is 0.626. The van der Waals surface area contributed by atoms with Crippen LogP contribution in [-0.4, -0.2) is 33.1 Å². The van der Waals surface area contributed by atoms with Crippen molar-refractivity contribution < 1.29 is 14.3 Å². The van der Waals surface area contributed by atoms with E-state index in [1.807, 2.05) is 0 Å². The number of benzene rings is 1. The lowest BCUT2D eigenvalue weighted by molar-refractivity contribution is 0.0650. The summed E-state index contributed by atoms with van der Waals surface area (Å²) in [5.74, 6) is 0. The molecule has 0 radical (unpaired) electrons. The maximum absolute atomic E-state index is 11.4. The summed E-state index contributed by atoms with van der Waals surface area (Å²) >= 11 is 11.6. The summed E-state index contributed by atoms with van der Waals surface area (Å²) in [6, 6.07) is 4.38. The number of hydrogen-bond donors (Lipinski definition) is 2. The average molecular weight is 293 g/mol. The van der Waals surface area contributed by atoms with Gasteiger partial charge in [0, 0.05) is 22.8 Å². The number of carbonyl (C=O) groups is 1. The van der Waals surface area contributed by atoms with Gasteiger partial charge in [-0.3, -0.25) is 0 Å². The van der Waals surface area contributed by atoms with E-state index in [1.165, 1.54) is 0 Å². The Morgan fingerprint density at radius 3 is 2.50 bits per heavy atom. The van der Waals surface area contributed by atoms with Crippen molar-refractivity contribution in [2.75, 3.05) is 32.4 Å². The van der Waals surface area contributed by atoms with Crippen LogP contribution in [0.25, 0.3) is 0 Å². The number of hydrogen-bond acceptors (Lipinski definition) is 3. The monoisotopic (exact) mass is 292 g/mol. The smallest absolute Gasteiger partial charge is 0.321 e. The number of halogens is 2. The first-order valence-electron chi connectivity index (χ1n) is 5.19. The van der Waals surface area contributed by atoms with Gasteiger partial charge in [-0.05, 0) is 18.2 Å². The molecule has 100 valence electrons. The Balaban J connectivity index is 2.31.